The van der Waals surface area contributed by atoms with Gasteiger partial charge in [0.25, 0.3) is 0 Å². The highest BCUT2D eigenvalue weighted by Gasteiger charge is 2.18. The molecule has 0 N–H and O–H groups in total. The molecule has 118 valence electrons. The minimum Gasteiger partial charge on any atom is -0.494 e. The fraction of sp³-hybridized carbons (Fsp3) is 0.250. The van der Waals surface area contributed by atoms with E-state index in [-0.39, 0.29) is 5.78 Å². The van der Waals surface area contributed by atoms with Gasteiger partial charge in [0.05, 0.1) is 12.1 Å². The van der Waals surface area contributed by atoms with Crippen LogP contribution in [0.2, 0.25) is 0 Å². The van der Waals surface area contributed by atoms with Gasteiger partial charge in [0, 0.05) is 22.3 Å². The van der Waals surface area contributed by atoms with Crippen LogP contribution in [-0.2, 0) is 0 Å². The van der Waals surface area contributed by atoms with E-state index in [9.17, 15) is 4.79 Å². The molecule has 1 heterocycles. The first kappa shape index (κ1) is 15.3. The Hall–Kier alpha value is -2.55. The van der Waals surface area contributed by atoms with Gasteiger partial charge in [-0.1, -0.05) is 25.1 Å². The fourth-order valence-corrected chi connectivity index (χ4v) is 3.06. The topological polar surface area (TPSA) is 31.2 Å². The van der Waals surface area contributed by atoms with Crippen LogP contribution in [0.25, 0.3) is 16.6 Å². The Labute approximate surface area is 136 Å². The molecule has 3 heteroatoms. The second-order valence-corrected chi connectivity index (χ2v) is 5.71. The number of ketones is 1. The first-order chi connectivity index (χ1) is 11.1. The van der Waals surface area contributed by atoms with E-state index in [4.69, 9.17) is 4.74 Å². The number of benzene rings is 2. The van der Waals surface area contributed by atoms with Gasteiger partial charge in [-0.25, -0.2) is 0 Å². The van der Waals surface area contributed by atoms with Crippen LogP contribution >= 0.6 is 0 Å². The monoisotopic (exact) mass is 307 g/mol. The molecule has 3 aromatic rings. The zero-order valence-electron chi connectivity index (χ0n) is 13.8. The predicted molar refractivity (Wildman–Crippen MR) is 93.8 cm³/mol. The Bertz CT molecular complexity index is 847. The molecule has 0 atom stereocenters. The van der Waals surface area contributed by atoms with Crippen LogP contribution in [-0.4, -0.2) is 17.0 Å². The Balaban J connectivity index is 2.25. The van der Waals surface area contributed by atoms with E-state index in [1.54, 1.807) is 6.92 Å². The van der Waals surface area contributed by atoms with Gasteiger partial charge < -0.3 is 9.30 Å². The van der Waals surface area contributed by atoms with Crippen LogP contribution in [0.5, 0.6) is 5.75 Å². The smallest absolute Gasteiger partial charge is 0.162 e. The largest absolute Gasteiger partial charge is 0.494 e. The van der Waals surface area contributed by atoms with Crippen molar-refractivity contribution in [3.8, 4) is 11.4 Å². The summed E-state index contributed by atoms with van der Waals surface area (Å²) in [4.78, 5) is 12.2. The van der Waals surface area contributed by atoms with E-state index in [2.05, 4.69) is 23.6 Å². The molecule has 3 rings (SSSR count). The Kier molecular flexibility index (Phi) is 4.20. The third-order valence-corrected chi connectivity index (χ3v) is 4.01. The molecule has 0 unspecified atom stereocenters. The first-order valence-electron chi connectivity index (χ1n) is 7.97. The lowest BCUT2D eigenvalue weighted by atomic mass is 10.1. The Morgan fingerprint density at radius 1 is 1.13 bits per heavy atom. The zero-order valence-corrected chi connectivity index (χ0v) is 13.8. The van der Waals surface area contributed by atoms with Gasteiger partial charge in [-0.15, -0.1) is 0 Å². The minimum absolute atomic E-state index is 0.0785. The number of Topliss-reactive ketones (excluding diaryl/α,β-unsaturated/α-hetero) is 1. The maximum Gasteiger partial charge on any atom is 0.162 e. The molecule has 3 nitrogen and oxygen atoms in total. The number of aromatic nitrogens is 1. The summed E-state index contributed by atoms with van der Waals surface area (Å²) in [6.07, 6.45) is 0.960. The van der Waals surface area contributed by atoms with Crippen LogP contribution in [0, 0.1) is 6.92 Å². The van der Waals surface area contributed by atoms with Crippen LogP contribution in [0.15, 0.2) is 48.5 Å². The van der Waals surface area contributed by atoms with Gasteiger partial charge in [0.1, 0.15) is 5.75 Å². The summed E-state index contributed by atoms with van der Waals surface area (Å²) in [6, 6.07) is 16.1. The van der Waals surface area contributed by atoms with Crippen LogP contribution in [0.1, 0.15) is 36.3 Å². The lowest BCUT2D eigenvalue weighted by molar-refractivity contribution is 0.101. The molecule has 0 fully saturated rings. The Morgan fingerprint density at radius 2 is 1.87 bits per heavy atom. The number of carbonyl (C=O) groups excluding carboxylic acids is 1. The second kappa shape index (κ2) is 6.29. The van der Waals surface area contributed by atoms with Crippen molar-refractivity contribution in [1.29, 1.82) is 0 Å². The van der Waals surface area contributed by atoms with E-state index in [1.807, 2.05) is 43.3 Å². The fourth-order valence-electron chi connectivity index (χ4n) is 3.06. The number of ether oxygens (including phenoxy) is 1. The molecule has 1 aromatic heterocycles. The summed E-state index contributed by atoms with van der Waals surface area (Å²) in [5, 5.41) is 0.951. The number of carbonyl (C=O) groups is 1. The predicted octanol–water partition coefficient (Wildman–Crippen LogP) is 4.93. The van der Waals surface area contributed by atoms with Crippen molar-refractivity contribution < 1.29 is 9.53 Å². The Morgan fingerprint density at radius 3 is 2.52 bits per heavy atom. The molecule has 0 amide bonds. The van der Waals surface area contributed by atoms with Gasteiger partial charge >= 0.3 is 0 Å². The SMILES string of the molecule is CCCOc1ccc2c(c1)c(C(C)=O)c(C)n2-c1ccccc1. The average Bonchev–Trinajstić information content (AvgIpc) is 2.85. The number of rotatable bonds is 5. The molecule has 0 saturated carbocycles. The van der Waals surface area contributed by atoms with Crippen LogP contribution in [0.3, 0.4) is 0 Å². The number of fused-ring (bicyclic) bond motifs is 1. The number of para-hydroxylation sites is 1. The van der Waals surface area contributed by atoms with Gasteiger partial charge in [0.15, 0.2) is 5.78 Å². The van der Waals surface area contributed by atoms with Gasteiger partial charge in [0.2, 0.25) is 0 Å². The third-order valence-electron chi connectivity index (χ3n) is 4.01. The van der Waals surface area contributed by atoms with Gasteiger partial charge in [-0.3, -0.25) is 4.79 Å². The summed E-state index contributed by atoms with van der Waals surface area (Å²) >= 11 is 0. The van der Waals surface area contributed by atoms with E-state index in [0.717, 1.165) is 40.0 Å². The lowest BCUT2D eigenvalue weighted by Gasteiger charge is -2.09. The highest BCUT2D eigenvalue weighted by molar-refractivity contribution is 6.09. The second-order valence-electron chi connectivity index (χ2n) is 5.71. The number of hydrogen-bond donors (Lipinski definition) is 0. The molecule has 0 bridgehead atoms. The number of hydrogen-bond acceptors (Lipinski definition) is 2. The van der Waals surface area contributed by atoms with Crippen molar-refractivity contribution in [2.75, 3.05) is 6.61 Å². The summed E-state index contributed by atoms with van der Waals surface area (Å²) in [7, 11) is 0. The van der Waals surface area contributed by atoms with Crippen LogP contribution in [0.4, 0.5) is 0 Å². The molecule has 0 aliphatic rings. The summed E-state index contributed by atoms with van der Waals surface area (Å²) < 4.78 is 7.87. The summed E-state index contributed by atoms with van der Waals surface area (Å²) in [5.41, 5.74) is 3.82. The van der Waals surface area contributed by atoms with Crippen molar-refractivity contribution in [3.05, 3.63) is 59.8 Å². The molecule has 0 spiro atoms. The van der Waals surface area contributed by atoms with Gasteiger partial charge in [-0.2, -0.15) is 0 Å². The maximum absolute atomic E-state index is 12.2. The zero-order chi connectivity index (χ0) is 16.4. The van der Waals surface area contributed by atoms with Crippen molar-refractivity contribution in [2.45, 2.75) is 27.2 Å². The third kappa shape index (κ3) is 2.74. The maximum atomic E-state index is 12.2. The van der Waals surface area contributed by atoms with Crippen molar-refractivity contribution in [2.24, 2.45) is 0 Å². The summed E-state index contributed by atoms with van der Waals surface area (Å²) in [5.74, 6) is 0.891. The first-order valence-corrected chi connectivity index (χ1v) is 7.97. The van der Waals surface area contributed by atoms with Crippen molar-refractivity contribution in [1.82, 2.24) is 4.57 Å². The quantitative estimate of drug-likeness (QED) is 0.626. The standard InChI is InChI=1S/C20H21NO2/c1-4-12-23-17-10-11-19-18(13-17)20(15(3)22)14(2)21(19)16-8-6-5-7-9-16/h5-11,13H,4,12H2,1-3H3. The van der Waals surface area contributed by atoms with Crippen molar-refractivity contribution >= 4 is 16.7 Å². The average molecular weight is 307 g/mol. The van der Waals surface area contributed by atoms with Crippen molar-refractivity contribution in [3.63, 3.8) is 0 Å². The highest BCUT2D eigenvalue weighted by Crippen LogP contribution is 2.32. The van der Waals surface area contributed by atoms with E-state index in [1.165, 1.54) is 0 Å². The minimum atomic E-state index is 0.0785. The normalized spacial score (nSPS) is 10.9. The number of nitrogens with zero attached hydrogens (tertiary/aromatic N) is 1. The lowest BCUT2D eigenvalue weighted by Crippen LogP contribution is -1.99. The molecule has 0 saturated heterocycles. The van der Waals surface area contributed by atoms with E-state index >= 15 is 0 Å². The molecular formula is C20H21NO2. The highest BCUT2D eigenvalue weighted by atomic mass is 16.5. The molecular weight excluding hydrogens is 286 g/mol. The molecule has 23 heavy (non-hydrogen) atoms. The van der Waals surface area contributed by atoms with E-state index < -0.39 is 0 Å². The summed E-state index contributed by atoms with van der Waals surface area (Å²) in [6.45, 7) is 6.38. The van der Waals surface area contributed by atoms with Crippen LogP contribution < -0.4 is 4.74 Å². The van der Waals surface area contributed by atoms with E-state index in [0.29, 0.717) is 6.61 Å². The molecule has 0 aliphatic carbocycles. The molecule has 2 aromatic carbocycles. The van der Waals surface area contributed by atoms with Gasteiger partial charge in [-0.05, 0) is 50.6 Å². The molecule has 0 radical (unpaired) electrons. The molecule has 0 aliphatic heterocycles.